The Morgan fingerprint density at radius 2 is 0.538 bits per heavy atom. The SMILES string of the molecule is CC/C=C\C/C=C\C/C=C\C/C=C\C/C=C\C/C=C\C/C=C\C/C=C\C/C=C\C/C=C\C/C=C\CCCCCCCCCC(=O)OC(COC(=O)CCCCCCCCCCCCCCCCCCCCCCCCCCCCCCC/C=C\C/C=C\CCCCCCC)COP(=O)([O-])OCC[N+](C)(C)C. The number of carbonyl (C=O) groups excluding carboxylic acids is 2. The second kappa shape index (κ2) is 84.6. The number of phosphoric acid groups is 1. The van der Waals surface area contributed by atoms with E-state index in [0.717, 1.165) is 128 Å². The first-order valence-corrected chi connectivity index (χ1v) is 45.7. The molecule has 0 aromatic carbocycles. The van der Waals surface area contributed by atoms with E-state index < -0.39 is 26.5 Å². The number of phosphoric ester groups is 1. The first-order chi connectivity index (χ1) is 52.0. The maximum Gasteiger partial charge on any atom is 0.306 e. The van der Waals surface area contributed by atoms with E-state index >= 15 is 0 Å². The van der Waals surface area contributed by atoms with Crippen molar-refractivity contribution in [1.82, 2.24) is 0 Å². The lowest BCUT2D eigenvalue weighted by Crippen LogP contribution is -2.37. The van der Waals surface area contributed by atoms with Crippen LogP contribution in [-0.2, 0) is 32.7 Å². The van der Waals surface area contributed by atoms with Crippen LogP contribution in [0.4, 0.5) is 0 Å². The van der Waals surface area contributed by atoms with Crippen LogP contribution in [0.3, 0.4) is 0 Å². The van der Waals surface area contributed by atoms with E-state index in [1.165, 1.54) is 225 Å². The molecule has 10 heteroatoms. The summed E-state index contributed by atoms with van der Waals surface area (Å²) in [4.78, 5) is 38.3. The fourth-order valence-corrected chi connectivity index (χ4v) is 13.1. The zero-order valence-corrected chi connectivity index (χ0v) is 70.5. The highest BCUT2D eigenvalue weighted by atomic mass is 31.2. The normalized spacial score (nSPS) is 13.8. The number of carbonyl (C=O) groups is 2. The van der Waals surface area contributed by atoms with E-state index in [9.17, 15) is 19.0 Å². The van der Waals surface area contributed by atoms with Crippen LogP contribution in [0.15, 0.2) is 158 Å². The maximum absolute atomic E-state index is 12.9. The average molecular weight is 1490 g/mol. The topological polar surface area (TPSA) is 111 Å². The lowest BCUT2D eigenvalue weighted by atomic mass is 10.0. The number of rotatable bonds is 81. The van der Waals surface area contributed by atoms with Gasteiger partial charge in [0.2, 0.25) is 0 Å². The Hall–Kier alpha value is -4.37. The highest BCUT2D eigenvalue weighted by Gasteiger charge is 2.22. The summed E-state index contributed by atoms with van der Waals surface area (Å²) in [6.45, 7) is 4.13. The second-order valence-electron chi connectivity index (χ2n) is 30.5. The van der Waals surface area contributed by atoms with Gasteiger partial charge in [-0.25, -0.2) is 0 Å². The summed E-state index contributed by atoms with van der Waals surface area (Å²) in [6.07, 6.45) is 127. The number of nitrogens with zero attached hydrogens (tertiary/aromatic N) is 1. The van der Waals surface area contributed by atoms with Gasteiger partial charge in [-0.1, -0.05) is 403 Å². The molecule has 0 bridgehead atoms. The largest absolute Gasteiger partial charge is 0.756 e. The molecule has 0 aliphatic heterocycles. The van der Waals surface area contributed by atoms with E-state index in [2.05, 4.69) is 172 Å². The smallest absolute Gasteiger partial charge is 0.306 e. The van der Waals surface area contributed by atoms with E-state index in [1.807, 2.05) is 21.1 Å². The highest BCUT2D eigenvalue weighted by Crippen LogP contribution is 2.38. The van der Waals surface area contributed by atoms with E-state index in [0.29, 0.717) is 17.4 Å². The Kier molecular flexibility index (Phi) is 81.2. The minimum atomic E-state index is -4.66. The molecule has 608 valence electrons. The molecule has 0 aliphatic carbocycles. The summed E-state index contributed by atoms with van der Waals surface area (Å²) in [5, 5.41) is 0. The van der Waals surface area contributed by atoms with E-state index in [-0.39, 0.29) is 32.0 Å². The third-order valence-corrected chi connectivity index (χ3v) is 20.0. The van der Waals surface area contributed by atoms with Gasteiger partial charge in [-0.05, 0) is 128 Å². The van der Waals surface area contributed by atoms with E-state index in [1.54, 1.807) is 0 Å². The Labute approximate surface area is 656 Å². The van der Waals surface area contributed by atoms with Gasteiger partial charge in [0.15, 0.2) is 6.10 Å². The fraction of sp³-hybridized carbons (Fsp3) is 0.708. The van der Waals surface area contributed by atoms with Gasteiger partial charge in [-0.15, -0.1) is 0 Å². The Bertz CT molecular complexity index is 2360. The van der Waals surface area contributed by atoms with Crippen LogP contribution < -0.4 is 4.89 Å². The molecule has 0 fully saturated rings. The van der Waals surface area contributed by atoms with Crippen molar-refractivity contribution < 1.29 is 42.1 Å². The molecule has 0 heterocycles. The van der Waals surface area contributed by atoms with Gasteiger partial charge in [0.1, 0.15) is 19.8 Å². The van der Waals surface area contributed by atoms with Crippen LogP contribution in [-0.4, -0.2) is 70.0 Å². The number of unbranched alkanes of at least 4 members (excludes halogenated alkanes) is 41. The molecule has 0 aromatic heterocycles. The van der Waals surface area contributed by atoms with Crippen molar-refractivity contribution in [1.29, 1.82) is 0 Å². The molecule has 0 saturated carbocycles. The summed E-state index contributed by atoms with van der Waals surface area (Å²) in [6, 6.07) is 0. The van der Waals surface area contributed by atoms with Crippen molar-refractivity contribution in [3.8, 4) is 0 Å². The third-order valence-electron chi connectivity index (χ3n) is 19.0. The third kappa shape index (κ3) is 88.5. The first-order valence-electron chi connectivity index (χ1n) is 44.2. The number of quaternary nitrogens is 1. The van der Waals surface area contributed by atoms with Gasteiger partial charge in [-0.2, -0.15) is 0 Å². The molecule has 0 rings (SSSR count). The number of ether oxygens (including phenoxy) is 2. The molecule has 2 unspecified atom stereocenters. The Morgan fingerprint density at radius 1 is 0.302 bits per heavy atom. The summed E-state index contributed by atoms with van der Waals surface area (Å²) < 4.78 is 34.4. The predicted molar refractivity (Wildman–Crippen MR) is 461 cm³/mol. The molecular formula is C96H166NO8P. The Balaban J connectivity index is 3.97. The van der Waals surface area contributed by atoms with Crippen molar-refractivity contribution >= 4 is 19.8 Å². The van der Waals surface area contributed by atoms with Gasteiger partial charge in [0, 0.05) is 12.8 Å². The molecule has 106 heavy (non-hydrogen) atoms. The molecule has 0 amide bonds. The number of hydrogen-bond acceptors (Lipinski definition) is 8. The molecule has 0 saturated heterocycles. The zero-order valence-electron chi connectivity index (χ0n) is 69.6. The molecule has 0 aliphatic rings. The van der Waals surface area contributed by atoms with Gasteiger partial charge >= 0.3 is 11.9 Å². The van der Waals surface area contributed by atoms with Crippen LogP contribution in [0.5, 0.6) is 0 Å². The van der Waals surface area contributed by atoms with Crippen molar-refractivity contribution in [2.24, 2.45) is 0 Å². The number of hydrogen-bond donors (Lipinski definition) is 0. The summed E-state index contributed by atoms with van der Waals surface area (Å²) in [7, 11) is 1.15. The molecule has 2 atom stereocenters. The molecule has 0 radical (unpaired) electrons. The van der Waals surface area contributed by atoms with Gasteiger partial charge in [0.25, 0.3) is 7.82 Å². The average Bonchev–Trinajstić information content (AvgIpc) is 0.908. The quantitative estimate of drug-likeness (QED) is 0.0195. The van der Waals surface area contributed by atoms with Crippen LogP contribution in [0.1, 0.15) is 386 Å². The number of likely N-dealkylation sites (N-methyl/N-ethyl adjacent to an activating group) is 1. The van der Waals surface area contributed by atoms with Crippen LogP contribution in [0.2, 0.25) is 0 Å². The summed E-state index contributed by atoms with van der Waals surface area (Å²) >= 11 is 0. The van der Waals surface area contributed by atoms with Crippen molar-refractivity contribution in [3.05, 3.63) is 158 Å². The van der Waals surface area contributed by atoms with Crippen LogP contribution in [0, 0.1) is 0 Å². The summed E-state index contributed by atoms with van der Waals surface area (Å²) in [5.41, 5.74) is 0. The van der Waals surface area contributed by atoms with Crippen molar-refractivity contribution in [2.45, 2.75) is 392 Å². The molecule has 9 nitrogen and oxygen atoms in total. The molecular weight excluding hydrogens is 1330 g/mol. The minimum absolute atomic E-state index is 0.0385. The number of esters is 2. The first kappa shape index (κ1) is 102. The van der Waals surface area contributed by atoms with Crippen molar-refractivity contribution in [3.63, 3.8) is 0 Å². The molecule has 0 spiro atoms. The lowest BCUT2D eigenvalue weighted by molar-refractivity contribution is -0.870. The lowest BCUT2D eigenvalue weighted by Gasteiger charge is -2.28. The van der Waals surface area contributed by atoms with Gasteiger partial charge < -0.3 is 27.9 Å². The second-order valence-corrected chi connectivity index (χ2v) is 31.9. The Morgan fingerprint density at radius 3 is 0.802 bits per heavy atom. The van der Waals surface area contributed by atoms with Crippen LogP contribution in [0.25, 0.3) is 0 Å². The molecule has 0 N–H and O–H groups in total. The minimum Gasteiger partial charge on any atom is -0.756 e. The van der Waals surface area contributed by atoms with Gasteiger partial charge in [-0.3, -0.25) is 14.2 Å². The molecule has 0 aromatic rings. The maximum atomic E-state index is 12.9. The number of allylic oxidation sites excluding steroid dienone is 26. The standard InChI is InChI=1S/C96H166NO8P/c1-6-8-10-12-14-16-18-20-22-24-26-28-30-32-34-36-38-40-42-44-46-48-50-52-54-56-58-60-62-64-66-68-70-72-74-76-78-80-82-84-86-88-95(98)102-92-94(93-104-106(100,101)103-91-90-97(3,4)5)105-96(99)89-87-85-83-81-79-77-75-73-71-69-67-65-63-61-59-57-55-53-51-49-47-45-43-41-39-37-35-33-31-29-27-25-23-21-19-17-15-13-11-9-7-2/h9,11,15,17-18,20-21,23-24,26-27,29,33,35,39,41,45,47,51,53,57,59,63,65,69,71,94H,6-8,10,12-14,16,19,22,25,28,30-32,34,36-38,40,42-44,46,48-50,52,54-56,58,60-62,64,66-68,70,72-93H2,1-5H3/b11-9-,17-15-,20-18-,23-21-,26-24-,29-27-,35-33-,41-39-,47-45-,53-51-,59-57-,65-63-,71-69-. The monoisotopic (exact) mass is 1490 g/mol. The fourth-order valence-electron chi connectivity index (χ4n) is 12.3. The van der Waals surface area contributed by atoms with Crippen molar-refractivity contribution in [2.75, 3.05) is 47.5 Å². The predicted octanol–water partition coefficient (Wildman–Crippen LogP) is 29.5. The summed E-state index contributed by atoms with van der Waals surface area (Å²) in [5.74, 6) is -0.840. The van der Waals surface area contributed by atoms with Crippen LogP contribution >= 0.6 is 7.82 Å². The zero-order chi connectivity index (χ0) is 76.8. The highest BCUT2D eigenvalue weighted by molar-refractivity contribution is 7.45. The van der Waals surface area contributed by atoms with E-state index in [4.69, 9.17) is 18.5 Å². The van der Waals surface area contributed by atoms with Gasteiger partial charge in [0.05, 0.1) is 27.7 Å².